The summed E-state index contributed by atoms with van der Waals surface area (Å²) in [5.41, 5.74) is 0.805. The quantitative estimate of drug-likeness (QED) is 0.666. The molecule has 2 heterocycles. The van der Waals surface area contributed by atoms with Crippen LogP contribution in [0.1, 0.15) is 12.8 Å². The Labute approximate surface area is 111 Å². The van der Waals surface area contributed by atoms with Crippen molar-refractivity contribution in [3.63, 3.8) is 0 Å². The van der Waals surface area contributed by atoms with Gasteiger partial charge in [0.05, 0.1) is 17.2 Å². The highest BCUT2D eigenvalue weighted by atomic mass is 16.6. The lowest BCUT2D eigenvalue weighted by Crippen LogP contribution is -2.40. The van der Waals surface area contributed by atoms with Gasteiger partial charge in [0.25, 0.3) is 5.69 Å². The van der Waals surface area contributed by atoms with Crippen LogP contribution in [0.2, 0.25) is 0 Å². The van der Waals surface area contributed by atoms with Gasteiger partial charge in [-0.3, -0.25) is 15.0 Å². The first-order valence-corrected chi connectivity index (χ1v) is 6.64. The van der Waals surface area contributed by atoms with Crippen LogP contribution in [0.5, 0.6) is 5.75 Å². The van der Waals surface area contributed by atoms with Gasteiger partial charge in [-0.25, -0.2) is 0 Å². The lowest BCUT2D eigenvalue weighted by atomic mass is 10.2. The molecule has 0 bridgehead atoms. The number of hydrogen-bond donors (Lipinski definition) is 1. The second-order valence-corrected chi connectivity index (χ2v) is 5.07. The monoisotopic (exact) mass is 263 g/mol. The molecule has 0 saturated carbocycles. The number of non-ortho nitro benzene ring substituents is 1. The number of nitrogens with zero attached hydrogens (tertiary/aromatic N) is 2. The first kappa shape index (κ1) is 12.2. The van der Waals surface area contributed by atoms with Gasteiger partial charge in [0.2, 0.25) is 0 Å². The summed E-state index contributed by atoms with van der Waals surface area (Å²) in [4.78, 5) is 12.7. The van der Waals surface area contributed by atoms with E-state index in [4.69, 9.17) is 4.74 Å². The summed E-state index contributed by atoms with van der Waals surface area (Å²) in [6.45, 7) is 3.91. The second kappa shape index (κ2) is 5.05. The van der Waals surface area contributed by atoms with Gasteiger partial charge < -0.3 is 10.1 Å². The van der Waals surface area contributed by atoms with Gasteiger partial charge in [-0.1, -0.05) is 0 Å². The Bertz CT molecular complexity index is 486. The minimum atomic E-state index is -0.391. The van der Waals surface area contributed by atoms with Crippen molar-refractivity contribution in [1.82, 2.24) is 4.90 Å². The Morgan fingerprint density at radius 3 is 2.95 bits per heavy atom. The zero-order valence-electron chi connectivity index (χ0n) is 10.7. The third kappa shape index (κ3) is 2.63. The number of hydrogen-bond acceptors (Lipinski definition) is 5. The molecule has 1 aromatic carbocycles. The summed E-state index contributed by atoms with van der Waals surface area (Å²) in [6.07, 6.45) is 2.65. The van der Waals surface area contributed by atoms with Crippen molar-refractivity contribution in [1.29, 1.82) is 0 Å². The molecule has 1 fully saturated rings. The van der Waals surface area contributed by atoms with Gasteiger partial charge in [0.15, 0.2) is 0 Å². The first-order valence-electron chi connectivity index (χ1n) is 6.64. The van der Waals surface area contributed by atoms with Gasteiger partial charge in [-0.15, -0.1) is 0 Å². The normalized spacial score (nSPS) is 22.4. The molecule has 0 radical (unpaired) electrons. The number of nitro groups is 1. The molecule has 1 unspecified atom stereocenters. The number of rotatable bonds is 3. The highest BCUT2D eigenvalue weighted by Crippen LogP contribution is 2.32. The topological polar surface area (TPSA) is 67.6 Å². The maximum atomic E-state index is 10.7. The van der Waals surface area contributed by atoms with E-state index in [2.05, 4.69) is 10.2 Å². The van der Waals surface area contributed by atoms with Crippen LogP contribution in [-0.2, 0) is 0 Å². The summed E-state index contributed by atoms with van der Waals surface area (Å²) in [6, 6.07) is 4.69. The van der Waals surface area contributed by atoms with Crippen LogP contribution in [0.4, 0.5) is 11.4 Å². The Hall–Kier alpha value is -1.82. The van der Waals surface area contributed by atoms with E-state index in [-0.39, 0.29) is 11.8 Å². The average molecular weight is 263 g/mol. The fraction of sp³-hybridized carbons (Fsp3) is 0.538. The van der Waals surface area contributed by atoms with Gasteiger partial charge in [0.1, 0.15) is 11.9 Å². The average Bonchev–Trinajstić information content (AvgIpc) is 2.91. The number of nitrogens with one attached hydrogen (secondary N) is 1. The number of fused-ring (bicyclic) bond motifs is 1. The molecule has 102 valence electrons. The molecule has 1 saturated heterocycles. The minimum Gasteiger partial charge on any atom is -0.485 e. The van der Waals surface area contributed by atoms with Crippen LogP contribution in [0.3, 0.4) is 0 Å². The molecular formula is C13H17N3O3. The Morgan fingerprint density at radius 2 is 2.21 bits per heavy atom. The maximum absolute atomic E-state index is 10.7. The lowest BCUT2D eigenvalue weighted by molar-refractivity contribution is -0.384. The summed E-state index contributed by atoms with van der Waals surface area (Å²) in [5, 5.41) is 13.9. The van der Waals surface area contributed by atoms with Crippen molar-refractivity contribution in [2.45, 2.75) is 18.9 Å². The van der Waals surface area contributed by atoms with E-state index in [0.29, 0.717) is 18.0 Å². The number of nitro benzene ring substituents is 1. The van der Waals surface area contributed by atoms with E-state index in [9.17, 15) is 10.1 Å². The third-order valence-electron chi connectivity index (χ3n) is 3.65. The van der Waals surface area contributed by atoms with Gasteiger partial charge >= 0.3 is 0 Å². The van der Waals surface area contributed by atoms with E-state index in [0.717, 1.165) is 19.6 Å². The fourth-order valence-corrected chi connectivity index (χ4v) is 2.67. The molecule has 1 N–H and O–H groups in total. The van der Waals surface area contributed by atoms with E-state index in [1.54, 1.807) is 6.07 Å². The Balaban J connectivity index is 1.68. The second-order valence-electron chi connectivity index (χ2n) is 5.07. The largest absolute Gasteiger partial charge is 0.485 e. The Kier molecular flexibility index (Phi) is 3.25. The molecule has 6 nitrogen and oxygen atoms in total. The standard InChI is InChI=1S/C13H17N3O3/c17-16(18)10-3-4-13-12(7-10)14-8-11(19-13)9-15-5-1-2-6-15/h3-4,7,11,14H,1-2,5-6,8-9H2. The third-order valence-corrected chi connectivity index (χ3v) is 3.65. The van der Waals surface area contributed by atoms with Crippen molar-refractivity contribution in [3.8, 4) is 5.75 Å². The van der Waals surface area contributed by atoms with Crippen molar-refractivity contribution in [2.75, 3.05) is 31.5 Å². The molecule has 0 aliphatic carbocycles. The fourth-order valence-electron chi connectivity index (χ4n) is 2.67. The molecule has 1 atom stereocenters. The zero-order chi connectivity index (χ0) is 13.2. The van der Waals surface area contributed by atoms with Crippen LogP contribution in [0.15, 0.2) is 18.2 Å². The smallest absolute Gasteiger partial charge is 0.271 e. The summed E-state index contributed by atoms with van der Waals surface area (Å²) in [5.74, 6) is 0.709. The van der Waals surface area contributed by atoms with Crippen molar-refractivity contribution in [2.24, 2.45) is 0 Å². The number of anilines is 1. The molecule has 3 rings (SSSR count). The van der Waals surface area contributed by atoms with E-state index < -0.39 is 4.92 Å². The van der Waals surface area contributed by atoms with Crippen LogP contribution in [0.25, 0.3) is 0 Å². The van der Waals surface area contributed by atoms with E-state index >= 15 is 0 Å². The first-order chi connectivity index (χ1) is 9.22. The molecular weight excluding hydrogens is 246 g/mol. The molecule has 1 aromatic rings. The van der Waals surface area contributed by atoms with E-state index in [1.807, 2.05) is 0 Å². The number of benzene rings is 1. The van der Waals surface area contributed by atoms with Crippen LogP contribution in [-0.4, -0.2) is 42.1 Å². The van der Waals surface area contributed by atoms with Gasteiger partial charge in [-0.2, -0.15) is 0 Å². The van der Waals surface area contributed by atoms with Crippen molar-refractivity contribution in [3.05, 3.63) is 28.3 Å². The maximum Gasteiger partial charge on any atom is 0.271 e. The summed E-state index contributed by atoms with van der Waals surface area (Å²) >= 11 is 0. The molecule has 0 aromatic heterocycles. The SMILES string of the molecule is O=[N+]([O-])c1ccc2c(c1)NCC(CN1CCCC1)O2. The summed E-state index contributed by atoms with van der Waals surface area (Å²) in [7, 11) is 0. The molecule has 0 spiro atoms. The van der Waals surface area contributed by atoms with Gasteiger partial charge in [-0.05, 0) is 32.0 Å². The van der Waals surface area contributed by atoms with Gasteiger partial charge in [0, 0.05) is 18.7 Å². The predicted molar refractivity (Wildman–Crippen MR) is 71.7 cm³/mol. The molecule has 2 aliphatic rings. The molecule has 2 aliphatic heterocycles. The molecule has 19 heavy (non-hydrogen) atoms. The Morgan fingerprint density at radius 1 is 1.42 bits per heavy atom. The molecule has 6 heteroatoms. The lowest BCUT2D eigenvalue weighted by Gasteiger charge is -2.30. The number of likely N-dealkylation sites (tertiary alicyclic amines) is 1. The van der Waals surface area contributed by atoms with E-state index in [1.165, 1.54) is 25.0 Å². The van der Waals surface area contributed by atoms with Crippen LogP contribution in [0, 0.1) is 10.1 Å². The highest BCUT2D eigenvalue weighted by molar-refractivity contribution is 5.62. The minimum absolute atomic E-state index is 0.0906. The van der Waals surface area contributed by atoms with Crippen molar-refractivity contribution < 1.29 is 9.66 Å². The van der Waals surface area contributed by atoms with Crippen molar-refractivity contribution >= 4 is 11.4 Å². The summed E-state index contributed by atoms with van der Waals surface area (Å²) < 4.78 is 5.90. The van der Waals surface area contributed by atoms with Crippen LogP contribution >= 0.6 is 0 Å². The highest BCUT2D eigenvalue weighted by Gasteiger charge is 2.24. The number of ether oxygens (including phenoxy) is 1. The van der Waals surface area contributed by atoms with Crippen LogP contribution < -0.4 is 10.1 Å². The molecule has 0 amide bonds. The zero-order valence-corrected chi connectivity index (χ0v) is 10.7. The predicted octanol–water partition coefficient (Wildman–Crippen LogP) is 1.86.